The summed E-state index contributed by atoms with van der Waals surface area (Å²) in [5, 5.41) is 7.83. The lowest BCUT2D eigenvalue weighted by Gasteiger charge is -2.19. The van der Waals surface area contributed by atoms with Crippen LogP contribution in [0.25, 0.3) is 0 Å². The first kappa shape index (κ1) is 14.6. The molecule has 0 fully saturated rings. The third kappa shape index (κ3) is 3.85. The second-order valence-electron chi connectivity index (χ2n) is 3.90. The molecule has 0 amide bonds. The lowest BCUT2D eigenvalue weighted by atomic mass is 10.2. The molecule has 2 rings (SSSR count). The van der Waals surface area contributed by atoms with E-state index in [1.807, 2.05) is 6.07 Å². The van der Waals surface area contributed by atoms with E-state index >= 15 is 0 Å². The van der Waals surface area contributed by atoms with Crippen molar-refractivity contribution in [2.75, 3.05) is 19.8 Å². The summed E-state index contributed by atoms with van der Waals surface area (Å²) in [7, 11) is 0. The molecule has 1 aromatic carbocycles. The summed E-state index contributed by atoms with van der Waals surface area (Å²) in [6.07, 6.45) is 3.31. The van der Waals surface area contributed by atoms with E-state index in [0.717, 1.165) is 5.56 Å². The number of hydrazone groups is 1. The topological polar surface area (TPSA) is 54.9 Å². The molecule has 1 aliphatic rings. The van der Waals surface area contributed by atoms with E-state index in [4.69, 9.17) is 33.3 Å². The molecule has 0 atom stereocenters. The van der Waals surface area contributed by atoms with Gasteiger partial charge < -0.3 is 14.8 Å². The summed E-state index contributed by atoms with van der Waals surface area (Å²) in [4.78, 5) is 0. The van der Waals surface area contributed by atoms with Gasteiger partial charge in [-0.3, -0.25) is 5.43 Å². The van der Waals surface area contributed by atoms with Crippen LogP contribution in [0.5, 0.6) is 11.5 Å². The van der Waals surface area contributed by atoms with Gasteiger partial charge in [-0.2, -0.15) is 5.10 Å². The van der Waals surface area contributed by atoms with Gasteiger partial charge in [0, 0.05) is 6.54 Å². The van der Waals surface area contributed by atoms with Gasteiger partial charge in [0.05, 0.1) is 11.2 Å². The van der Waals surface area contributed by atoms with E-state index in [1.165, 1.54) is 0 Å². The average Bonchev–Trinajstić information content (AvgIpc) is 2.45. The van der Waals surface area contributed by atoms with E-state index in [2.05, 4.69) is 22.4 Å². The van der Waals surface area contributed by atoms with Crippen LogP contribution in [-0.2, 0) is 0 Å². The quantitative estimate of drug-likeness (QED) is 0.386. The summed E-state index contributed by atoms with van der Waals surface area (Å²) in [6, 6.07) is 3.56. The maximum absolute atomic E-state index is 6.12. The van der Waals surface area contributed by atoms with Crippen molar-refractivity contribution in [1.29, 1.82) is 0 Å². The molecule has 0 spiro atoms. The van der Waals surface area contributed by atoms with Gasteiger partial charge in [0.25, 0.3) is 0 Å². The van der Waals surface area contributed by atoms with Crippen molar-refractivity contribution in [2.24, 2.45) is 5.10 Å². The molecule has 5 nitrogen and oxygen atoms in total. The molecule has 2 N–H and O–H groups in total. The number of hydrogen-bond donors (Lipinski definition) is 2. The number of thiocarbonyl (C=S) groups is 1. The molecule has 0 aromatic heterocycles. The summed E-state index contributed by atoms with van der Waals surface area (Å²) in [6.45, 7) is 5.18. The average molecular weight is 312 g/mol. The van der Waals surface area contributed by atoms with Crippen LogP contribution >= 0.6 is 23.8 Å². The van der Waals surface area contributed by atoms with Crippen LogP contribution in [0.1, 0.15) is 5.56 Å². The fourth-order valence-corrected chi connectivity index (χ4v) is 1.98. The largest absolute Gasteiger partial charge is 0.486 e. The first-order chi connectivity index (χ1) is 9.70. The van der Waals surface area contributed by atoms with Gasteiger partial charge in [0.2, 0.25) is 0 Å². The number of ether oxygens (including phenoxy) is 2. The normalized spacial score (nSPS) is 13.1. The molecular weight excluding hydrogens is 298 g/mol. The maximum Gasteiger partial charge on any atom is 0.187 e. The predicted molar refractivity (Wildman–Crippen MR) is 84.0 cm³/mol. The monoisotopic (exact) mass is 311 g/mol. The van der Waals surface area contributed by atoms with Crippen molar-refractivity contribution in [3.8, 4) is 11.5 Å². The summed E-state index contributed by atoms with van der Waals surface area (Å²) < 4.78 is 10.9. The molecule has 1 aliphatic heterocycles. The Labute approximate surface area is 127 Å². The number of nitrogens with one attached hydrogen (secondary N) is 2. The van der Waals surface area contributed by atoms with Crippen molar-refractivity contribution in [2.45, 2.75) is 0 Å². The Hall–Kier alpha value is -1.79. The van der Waals surface area contributed by atoms with E-state index in [0.29, 0.717) is 41.4 Å². The zero-order chi connectivity index (χ0) is 14.4. The third-order valence-corrected chi connectivity index (χ3v) is 2.92. The van der Waals surface area contributed by atoms with Crippen LogP contribution in [-0.4, -0.2) is 31.1 Å². The summed E-state index contributed by atoms with van der Waals surface area (Å²) >= 11 is 11.1. The number of nitrogens with zero attached hydrogens (tertiary/aromatic N) is 1. The highest BCUT2D eigenvalue weighted by Crippen LogP contribution is 2.37. The standard InChI is InChI=1S/C13H14ClN3O2S/c1-2-3-15-13(20)17-16-8-9-6-10(14)12-11(7-9)18-4-5-19-12/h2,6-8H,1,3-5H2,(H2,15,17,20)/b16-8-. The minimum absolute atomic E-state index is 0.421. The fraction of sp³-hybridized carbons (Fsp3) is 0.231. The zero-order valence-electron chi connectivity index (χ0n) is 10.7. The Morgan fingerprint density at radius 2 is 2.25 bits per heavy atom. The molecule has 0 radical (unpaired) electrons. The Bertz CT molecular complexity index is 549. The van der Waals surface area contributed by atoms with Crippen LogP contribution in [0.4, 0.5) is 0 Å². The highest BCUT2D eigenvalue weighted by molar-refractivity contribution is 7.80. The van der Waals surface area contributed by atoms with Crippen molar-refractivity contribution in [3.63, 3.8) is 0 Å². The van der Waals surface area contributed by atoms with Crippen molar-refractivity contribution < 1.29 is 9.47 Å². The van der Waals surface area contributed by atoms with Gasteiger partial charge in [0.1, 0.15) is 13.2 Å². The number of benzene rings is 1. The van der Waals surface area contributed by atoms with Crippen molar-refractivity contribution in [1.82, 2.24) is 10.7 Å². The van der Waals surface area contributed by atoms with Gasteiger partial charge in [-0.05, 0) is 29.9 Å². The number of fused-ring (bicyclic) bond motifs is 1. The van der Waals surface area contributed by atoms with Crippen LogP contribution in [0, 0.1) is 0 Å². The van der Waals surface area contributed by atoms with Crippen molar-refractivity contribution >= 4 is 35.1 Å². The first-order valence-electron chi connectivity index (χ1n) is 5.97. The second kappa shape index (κ2) is 7.12. The minimum atomic E-state index is 0.421. The van der Waals surface area contributed by atoms with Crippen LogP contribution in [0.15, 0.2) is 29.9 Å². The molecule has 0 saturated heterocycles. The summed E-state index contributed by atoms with van der Waals surface area (Å²) in [5.74, 6) is 1.20. The number of rotatable bonds is 4. The lowest BCUT2D eigenvalue weighted by Crippen LogP contribution is -2.31. The van der Waals surface area contributed by atoms with Crippen LogP contribution in [0.2, 0.25) is 5.02 Å². The van der Waals surface area contributed by atoms with Gasteiger partial charge >= 0.3 is 0 Å². The van der Waals surface area contributed by atoms with Crippen molar-refractivity contribution in [3.05, 3.63) is 35.4 Å². The molecule has 7 heteroatoms. The van der Waals surface area contributed by atoms with E-state index < -0.39 is 0 Å². The molecule has 0 saturated carbocycles. The highest BCUT2D eigenvalue weighted by Gasteiger charge is 2.15. The number of halogens is 1. The lowest BCUT2D eigenvalue weighted by molar-refractivity contribution is 0.171. The second-order valence-corrected chi connectivity index (χ2v) is 4.71. The molecule has 20 heavy (non-hydrogen) atoms. The van der Waals surface area contributed by atoms with E-state index in [9.17, 15) is 0 Å². The predicted octanol–water partition coefficient (Wildman–Crippen LogP) is 2.10. The minimum Gasteiger partial charge on any atom is -0.486 e. The Morgan fingerprint density at radius 1 is 1.45 bits per heavy atom. The molecule has 0 bridgehead atoms. The first-order valence-corrected chi connectivity index (χ1v) is 6.76. The van der Waals surface area contributed by atoms with Gasteiger partial charge in [-0.1, -0.05) is 17.7 Å². The van der Waals surface area contributed by atoms with Gasteiger partial charge in [0.15, 0.2) is 16.6 Å². The van der Waals surface area contributed by atoms with Gasteiger partial charge in [-0.25, -0.2) is 0 Å². The smallest absolute Gasteiger partial charge is 0.187 e. The number of hydrogen-bond acceptors (Lipinski definition) is 4. The maximum atomic E-state index is 6.12. The van der Waals surface area contributed by atoms with Crippen LogP contribution in [0.3, 0.4) is 0 Å². The Balaban J connectivity index is 2.01. The fourth-order valence-electron chi connectivity index (χ4n) is 1.58. The van der Waals surface area contributed by atoms with Gasteiger partial charge in [-0.15, -0.1) is 6.58 Å². The summed E-state index contributed by atoms with van der Waals surface area (Å²) in [5.41, 5.74) is 3.48. The molecule has 106 valence electrons. The van der Waals surface area contributed by atoms with E-state index in [1.54, 1.807) is 18.4 Å². The molecule has 1 heterocycles. The highest BCUT2D eigenvalue weighted by atomic mass is 35.5. The molecule has 0 aliphatic carbocycles. The van der Waals surface area contributed by atoms with E-state index in [-0.39, 0.29) is 0 Å². The molecule has 0 unspecified atom stereocenters. The zero-order valence-corrected chi connectivity index (χ0v) is 12.3. The Morgan fingerprint density at radius 3 is 3.05 bits per heavy atom. The SMILES string of the molecule is C=CCNC(=S)N/N=C\c1cc(Cl)c2c(c1)OCCO2. The molecule has 1 aromatic rings. The molecular formula is C13H14ClN3O2S. The Kier molecular flexibility index (Phi) is 5.20. The third-order valence-electron chi connectivity index (χ3n) is 2.41. The van der Waals surface area contributed by atoms with Crippen LogP contribution < -0.4 is 20.2 Å².